The second kappa shape index (κ2) is 1.91. The molecule has 2 heterocycles. The monoisotopic (exact) mass is 149 g/mol. The zero-order valence-corrected chi connectivity index (χ0v) is 6.02. The van der Waals surface area contributed by atoms with Gasteiger partial charge in [0.1, 0.15) is 5.82 Å². The van der Waals surface area contributed by atoms with Gasteiger partial charge in [0.05, 0.1) is 11.6 Å². The van der Waals surface area contributed by atoms with Crippen molar-refractivity contribution in [3.05, 3.63) is 18.2 Å². The summed E-state index contributed by atoms with van der Waals surface area (Å²) in [4.78, 5) is 9.34. The van der Waals surface area contributed by atoms with Crippen molar-refractivity contribution in [2.24, 2.45) is 0 Å². The molecule has 0 aliphatic carbocycles. The van der Waals surface area contributed by atoms with Crippen LogP contribution >= 0.6 is 0 Å². The zero-order chi connectivity index (χ0) is 7.84. The molecule has 2 rings (SSSR count). The number of hydrogen-bond acceptors (Lipinski definition) is 4. The van der Waals surface area contributed by atoms with Crippen LogP contribution in [0.15, 0.2) is 12.4 Å². The molecule has 0 fully saturated rings. The fraction of sp³-hybridized carbons (Fsp3) is 0.167. The van der Waals surface area contributed by atoms with Crippen LogP contribution in [0.2, 0.25) is 0 Å². The fourth-order valence-corrected chi connectivity index (χ4v) is 0.921. The van der Waals surface area contributed by atoms with Crippen LogP contribution in [0.5, 0.6) is 0 Å². The first kappa shape index (κ1) is 6.09. The molecule has 0 saturated carbocycles. The van der Waals surface area contributed by atoms with Gasteiger partial charge in [-0.05, 0) is 6.92 Å². The second-order valence-corrected chi connectivity index (χ2v) is 2.29. The van der Waals surface area contributed by atoms with Crippen molar-refractivity contribution in [1.82, 2.24) is 19.9 Å². The average molecular weight is 149 g/mol. The largest absolute Gasteiger partial charge is 0.321 e. The van der Waals surface area contributed by atoms with Crippen molar-refractivity contribution in [2.45, 2.75) is 6.92 Å². The molecular formula is C6H7N5. The summed E-state index contributed by atoms with van der Waals surface area (Å²) in [5.41, 5.74) is 0.664. The molecule has 0 spiro atoms. The standard InChI is InChI=1S/C6H7N5/c1-4-8-2-5-3-9-11(7)6(5)10-4/h2-3H,7H2,1H3. The van der Waals surface area contributed by atoms with Crippen LogP contribution in [0.4, 0.5) is 0 Å². The van der Waals surface area contributed by atoms with Crippen molar-refractivity contribution in [1.29, 1.82) is 0 Å². The van der Waals surface area contributed by atoms with Gasteiger partial charge in [-0.3, -0.25) is 0 Å². The summed E-state index contributed by atoms with van der Waals surface area (Å²) in [5, 5.41) is 4.69. The second-order valence-electron chi connectivity index (χ2n) is 2.29. The van der Waals surface area contributed by atoms with Crippen LogP contribution in [0.1, 0.15) is 5.82 Å². The Labute approximate surface area is 62.8 Å². The lowest BCUT2D eigenvalue weighted by Crippen LogP contribution is -2.10. The molecule has 2 aromatic heterocycles. The average Bonchev–Trinajstić information content (AvgIpc) is 2.33. The van der Waals surface area contributed by atoms with E-state index in [2.05, 4.69) is 15.1 Å². The molecule has 0 amide bonds. The minimum Gasteiger partial charge on any atom is -0.321 e. The van der Waals surface area contributed by atoms with Crippen molar-refractivity contribution < 1.29 is 0 Å². The summed E-state index contributed by atoms with van der Waals surface area (Å²) >= 11 is 0. The van der Waals surface area contributed by atoms with Crippen molar-refractivity contribution in [3.8, 4) is 0 Å². The molecule has 5 nitrogen and oxygen atoms in total. The van der Waals surface area contributed by atoms with Crippen LogP contribution < -0.4 is 5.84 Å². The lowest BCUT2D eigenvalue weighted by atomic mass is 10.4. The van der Waals surface area contributed by atoms with E-state index in [1.165, 1.54) is 4.79 Å². The lowest BCUT2D eigenvalue weighted by Gasteiger charge is -1.92. The Bertz CT molecular complexity index is 391. The quantitative estimate of drug-likeness (QED) is 0.529. The Hall–Kier alpha value is -1.65. The minimum atomic E-state index is 0.664. The maximum Gasteiger partial charge on any atom is 0.183 e. The molecule has 0 atom stereocenters. The molecule has 0 bridgehead atoms. The van der Waals surface area contributed by atoms with Gasteiger partial charge in [0.25, 0.3) is 0 Å². The van der Waals surface area contributed by atoms with Gasteiger partial charge in [0, 0.05) is 6.20 Å². The number of nitrogen functional groups attached to an aromatic ring is 1. The highest BCUT2D eigenvalue weighted by molar-refractivity contribution is 5.73. The number of aryl methyl sites for hydroxylation is 1. The van der Waals surface area contributed by atoms with Crippen LogP contribution in [0.25, 0.3) is 11.0 Å². The smallest absolute Gasteiger partial charge is 0.183 e. The van der Waals surface area contributed by atoms with E-state index in [0.717, 1.165) is 5.39 Å². The Kier molecular flexibility index (Phi) is 1.06. The van der Waals surface area contributed by atoms with E-state index in [9.17, 15) is 0 Å². The van der Waals surface area contributed by atoms with E-state index in [0.29, 0.717) is 11.5 Å². The van der Waals surface area contributed by atoms with Gasteiger partial charge in [-0.15, -0.1) is 0 Å². The maximum absolute atomic E-state index is 5.46. The number of aromatic nitrogens is 4. The third-order valence-corrected chi connectivity index (χ3v) is 1.45. The predicted octanol–water partition coefficient (Wildman–Crippen LogP) is -0.151. The van der Waals surface area contributed by atoms with Crippen molar-refractivity contribution >= 4 is 11.0 Å². The van der Waals surface area contributed by atoms with E-state index in [-0.39, 0.29) is 0 Å². The van der Waals surface area contributed by atoms with Gasteiger partial charge >= 0.3 is 0 Å². The number of nitrogens with zero attached hydrogens (tertiary/aromatic N) is 4. The lowest BCUT2D eigenvalue weighted by molar-refractivity contribution is 0.844. The van der Waals surface area contributed by atoms with Gasteiger partial charge in [0.15, 0.2) is 5.65 Å². The third-order valence-electron chi connectivity index (χ3n) is 1.45. The van der Waals surface area contributed by atoms with Crippen molar-refractivity contribution in [3.63, 3.8) is 0 Å². The van der Waals surface area contributed by atoms with Crippen LogP contribution in [-0.2, 0) is 0 Å². The van der Waals surface area contributed by atoms with Gasteiger partial charge < -0.3 is 5.84 Å². The highest BCUT2D eigenvalue weighted by atomic mass is 15.5. The maximum atomic E-state index is 5.46. The molecule has 0 radical (unpaired) electrons. The molecule has 11 heavy (non-hydrogen) atoms. The molecule has 2 N–H and O–H groups in total. The Morgan fingerprint density at radius 1 is 1.45 bits per heavy atom. The highest BCUT2D eigenvalue weighted by Gasteiger charge is 2.00. The summed E-state index contributed by atoms with van der Waals surface area (Å²) in [7, 11) is 0. The summed E-state index contributed by atoms with van der Waals surface area (Å²) < 4.78 is 0. The fourth-order valence-electron chi connectivity index (χ4n) is 0.921. The molecule has 0 aliphatic rings. The predicted molar refractivity (Wildman–Crippen MR) is 40.2 cm³/mol. The van der Waals surface area contributed by atoms with E-state index in [1.54, 1.807) is 12.4 Å². The van der Waals surface area contributed by atoms with E-state index in [1.807, 2.05) is 6.92 Å². The van der Waals surface area contributed by atoms with E-state index >= 15 is 0 Å². The molecular weight excluding hydrogens is 142 g/mol. The van der Waals surface area contributed by atoms with Crippen LogP contribution in [0, 0.1) is 6.92 Å². The highest BCUT2D eigenvalue weighted by Crippen LogP contribution is 2.05. The van der Waals surface area contributed by atoms with Crippen LogP contribution in [0.3, 0.4) is 0 Å². The molecule has 0 aliphatic heterocycles. The Balaban J connectivity index is 2.87. The number of rotatable bonds is 0. The molecule has 0 unspecified atom stereocenters. The zero-order valence-electron chi connectivity index (χ0n) is 6.02. The van der Waals surface area contributed by atoms with E-state index < -0.39 is 0 Å². The van der Waals surface area contributed by atoms with Gasteiger partial charge in [-0.1, -0.05) is 0 Å². The molecule has 5 heteroatoms. The van der Waals surface area contributed by atoms with Gasteiger partial charge in [0.2, 0.25) is 0 Å². The molecule has 0 saturated heterocycles. The topological polar surface area (TPSA) is 69.6 Å². The first-order valence-corrected chi connectivity index (χ1v) is 3.20. The Morgan fingerprint density at radius 2 is 2.27 bits per heavy atom. The summed E-state index contributed by atoms with van der Waals surface area (Å²) in [5.74, 6) is 6.16. The Morgan fingerprint density at radius 3 is 3.09 bits per heavy atom. The molecule has 56 valence electrons. The number of fused-ring (bicyclic) bond motifs is 1. The summed E-state index contributed by atoms with van der Waals surface area (Å²) in [6.45, 7) is 1.81. The minimum absolute atomic E-state index is 0.664. The SMILES string of the molecule is Cc1ncc2cnn(N)c2n1. The number of nitrogens with two attached hydrogens (primary N) is 1. The summed E-state index contributed by atoms with van der Waals surface area (Å²) in [6, 6.07) is 0. The van der Waals surface area contributed by atoms with Gasteiger partial charge in [-0.25, -0.2) is 9.97 Å². The van der Waals surface area contributed by atoms with Crippen molar-refractivity contribution in [2.75, 3.05) is 5.84 Å². The van der Waals surface area contributed by atoms with E-state index in [4.69, 9.17) is 5.84 Å². The number of hydrogen-bond donors (Lipinski definition) is 1. The summed E-state index contributed by atoms with van der Waals surface area (Å²) in [6.07, 6.45) is 3.34. The third kappa shape index (κ3) is 0.813. The van der Waals surface area contributed by atoms with Crippen LogP contribution in [-0.4, -0.2) is 19.9 Å². The molecule has 0 aromatic carbocycles. The van der Waals surface area contributed by atoms with Gasteiger partial charge in [-0.2, -0.15) is 9.89 Å². The molecule has 2 aromatic rings. The first-order chi connectivity index (χ1) is 5.27. The first-order valence-electron chi connectivity index (χ1n) is 3.20. The normalized spacial score (nSPS) is 10.6.